The Labute approximate surface area is 581 Å². The molecule has 0 aliphatic heterocycles. The van der Waals surface area contributed by atoms with E-state index >= 15 is 0 Å². The number of carbonyl (C=O) groups excluding carboxylic acids is 4. The molecule has 564 valence electrons. The zero-order chi connectivity index (χ0) is 70.1. The number of unbranched alkanes of at least 4 members (excludes halogenated alkanes) is 41. The second-order valence-electron chi connectivity index (χ2n) is 28.6. The lowest BCUT2D eigenvalue weighted by molar-refractivity contribution is -0.161. The largest absolute Gasteiger partial charge is 0.472 e. The lowest BCUT2D eigenvalue weighted by Gasteiger charge is -2.21. The number of carbonyl (C=O) groups is 4. The minimum absolute atomic E-state index is 0.105. The minimum Gasteiger partial charge on any atom is -0.462 e. The van der Waals surface area contributed by atoms with E-state index in [1.165, 1.54) is 193 Å². The second kappa shape index (κ2) is 66.6. The van der Waals surface area contributed by atoms with E-state index in [1.807, 2.05) is 0 Å². The first kappa shape index (κ1) is 93.1. The molecule has 95 heavy (non-hydrogen) atoms. The van der Waals surface area contributed by atoms with Crippen LogP contribution in [-0.2, 0) is 65.4 Å². The molecule has 0 bridgehead atoms. The van der Waals surface area contributed by atoms with Crippen molar-refractivity contribution in [1.82, 2.24) is 0 Å². The van der Waals surface area contributed by atoms with E-state index < -0.39 is 97.5 Å². The third-order valence-corrected chi connectivity index (χ3v) is 19.9. The summed E-state index contributed by atoms with van der Waals surface area (Å²) in [6, 6.07) is 0. The van der Waals surface area contributed by atoms with Gasteiger partial charge in [-0.3, -0.25) is 37.3 Å². The smallest absolute Gasteiger partial charge is 0.462 e. The molecule has 6 atom stereocenters. The Balaban J connectivity index is 5.25. The predicted molar refractivity (Wildman–Crippen MR) is 386 cm³/mol. The zero-order valence-electron chi connectivity index (χ0n) is 62.1. The van der Waals surface area contributed by atoms with Crippen LogP contribution in [-0.4, -0.2) is 96.7 Å². The van der Waals surface area contributed by atoms with Crippen LogP contribution in [0.15, 0.2) is 0 Å². The highest BCUT2D eigenvalue weighted by atomic mass is 31.2. The maximum absolute atomic E-state index is 13.1. The van der Waals surface area contributed by atoms with Gasteiger partial charge in [0.05, 0.1) is 26.4 Å². The van der Waals surface area contributed by atoms with Crippen molar-refractivity contribution in [1.29, 1.82) is 0 Å². The summed E-state index contributed by atoms with van der Waals surface area (Å²) in [7, 11) is -9.91. The van der Waals surface area contributed by atoms with E-state index in [0.717, 1.165) is 108 Å². The molecule has 19 heteroatoms. The molecule has 0 saturated carbocycles. The third kappa shape index (κ3) is 69.0. The molecular formula is C76H148O17P2. The van der Waals surface area contributed by atoms with E-state index in [2.05, 4.69) is 48.5 Å². The number of phosphoric ester groups is 2. The molecule has 0 heterocycles. The van der Waals surface area contributed by atoms with E-state index in [1.54, 1.807) is 0 Å². The number of ether oxygens (including phenoxy) is 4. The SMILES string of the molecule is CCCCCCCCCCCCCCCCC(=O)OC[C@H](COP(=O)(O)OC[C@@H](O)COP(=O)(O)OC[C@@H](COC(=O)CCCCCCCCCC(C)C)OC(=O)CCCCCCCCCCCCC(C)C)OC(=O)CCCCCCCCCCCCCCCCC(C)CC. The van der Waals surface area contributed by atoms with Crippen molar-refractivity contribution < 1.29 is 80.2 Å². The van der Waals surface area contributed by atoms with Crippen LogP contribution in [0.25, 0.3) is 0 Å². The fourth-order valence-corrected chi connectivity index (χ4v) is 13.1. The first-order valence-electron chi connectivity index (χ1n) is 39.4. The fraction of sp³-hybridized carbons (Fsp3) is 0.947. The van der Waals surface area contributed by atoms with Crippen molar-refractivity contribution in [2.24, 2.45) is 17.8 Å². The molecule has 0 amide bonds. The highest BCUT2D eigenvalue weighted by molar-refractivity contribution is 7.47. The van der Waals surface area contributed by atoms with E-state index in [-0.39, 0.29) is 25.7 Å². The Morgan fingerprint density at radius 2 is 0.537 bits per heavy atom. The van der Waals surface area contributed by atoms with Gasteiger partial charge in [-0.1, -0.05) is 337 Å². The molecule has 0 radical (unpaired) electrons. The molecule has 0 aromatic carbocycles. The topological polar surface area (TPSA) is 237 Å². The van der Waals surface area contributed by atoms with Gasteiger partial charge >= 0.3 is 39.5 Å². The molecular weight excluding hydrogens is 1250 g/mol. The number of esters is 4. The number of phosphoric acid groups is 2. The lowest BCUT2D eigenvalue weighted by atomic mass is 9.99. The highest BCUT2D eigenvalue weighted by Crippen LogP contribution is 2.45. The molecule has 17 nitrogen and oxygen atoms in total. The van der Waals surface area contributed by atoms with Crippen molar-refractivity contribution in [3.05, 3.63) is 0 Å². The van der Waals surface area contributed by atoms with Crippen LogP contribution in [0, 0.1) is 17.8 Å². The summed E-state index contributed by atoms with van der Waals surface area (Å²) in [5.41, 5.74) is 0. The molecule has 0 aliphatic rings. The van der Waals surface area contributed by atoms with Crippen LogP contribution in [0.5, 0.6) is 0 Å². The summed E-state index contributed by atoms with van der Waals surface area (Å²) >= 11 is 0. The van der Waals surface area contributed by atoms with Gasteiger partial charge in [-0.05, 0) is 43.4 Å². The predicted octanol–water partition coefficient (Wildman–Crippen LogP) is 22.2. The normalized spacial score (nSPS) is 14.4. The van der Waals surface area contributed by atoms with Crippen LogP contribution >= 0.6 is 15.6 Å². The third-order valence-electron chi connectivity index (χ3n) is 18.0. The minimum atomic E-state index is -4.96. The average Bonchev–Trinajstić information content (AvgIpc) is 1.69. The van der Waals surface area contributed by atoms with Gasteiger partial charge in [0.25, 0.3) is 0 Å². The standard InChI is InChI=1S/C76H148O17P2/c1-8-10-11-12-13-14-15-16-20-23-29-36-43-50-57-73(78)86-63-71(92-75(80)59-52-45-37-30-24-21-18-17-19-22-28-35-42-49-56-69(7)9-2)65-90-94(82,83)88-61-70(77)62-89-95(84,85)91-66-72(64-87-74(79)58-51-44-39-32-34-41-48-55-68(5)6)93-76(81)60-53-46-38-31-26-25-27-33-40-47-54-67(3)4/h67-72,77H,8-66H2,1-7H3,(H,82,83)(H,84,85)/t69?,70-,71-,72-/m1/s1. The summed E-state index contributed by atoms with van der Waals surface area (Å²) in [6.07, 6.45) is 52.7. The molecule has 0 aromatic rings. The average molecular weight is 1400 g/mol. The Kier molecular flexibility index (Phi) is 65.2. The first-order chi connectivity index (χ1) is 45.8. The van der Waals surface area contributed by atoms with E-state index in [9.17, 15) is 43.2 Å². The lowest BCUT2D eigenvalue weighted by Crippen LogP contribution is -2.30. The van der Waals surface area contributed by atoms with E-state index in [0.29, 0.717) is 31.6 Å². The molecule has 0 aliphatic carbocycles. The zero-order valence-corrected chi connectivity index (χ0v) is 63.9. The number of aliphatic hydroxyl groups excluding tert-OH is 1. The Bertz CT molecular complexity index is 1850. The van der Waals surface area contributed by atoms with E-state index in [4.69, 9.17) is 37.0 Å². The molecule has 0 saturated heterocycles. The molecule has 3 N–H and O–H groups in total. The first-order valence-corrected chi connectivity index (χ1v) is 42.4. The van der Waals surface area contributed by atoms with Gasteiger partial charge in [0.15, 0.2) is 12.2 Å². The Morgan fingerprint density at radius 3 is 0.800 bits per heavy atom. The van der Waals surface area contributed by atoms with Crippen molar-refractivity contribution in [2.45, 2.75) is 407 Å². The molecule has 3 unspecified atom stereocenters. The maximum Gasteiger partial charge on any atom is 0.472 e. The van der Waals surface area contributed by atoms with Crippen molar-refractivity contribution in [2.75, 3.05) is 39.6 Å². The Hall–Kier alpha value is -1.94. The van der Waals surface area contributed by atoms with Gasteiger partial charge in [0, 0.05) is 25.7 Å². The molecule has 0 fully saturated rings. The number of hydrogen-bond acceptors (Lipinski definition) is 15. The summed E-state index contributed by atoms with van der Waals surface area (Å²) in [4.78, 5) is 72.8. The van der Waals surface area contributed by atoms with Gasteiger partial charge in [-0.15, -0.1) is 0 Å². The summed E-state index contributed by atoms with van der Waals surface area (Å²) < 4.78 is 68.5. The van der Waals surface area contributed by atoms with Gasteiger partial charge in [0.1, 0.15) is 19.3 Å². The monoisotopic (exact) mass is 1400 g/mol. The van der Waals surface area contributed by atoms with Crippen LogP contribution in [0.1, 0.15) is 389 Å². The van der Waals surface area contributed by atoms with Crippen LogP contribution < -0.4 is 0 Å². The van der Waals surface area contributed by atoms with Crippen molar-refractivity contribution >= 4 is 39.5 Å². The van der Waals surface area contributed by atoms with Crippen LogP contribution in [0.3, 0.4) is 0 Å². The van der Waals surface area contributed by atoms with Gasteiger partial charge in [0.2, 0.25) is 0 Å². The second-order valence-corrected chi connectivity index (χ2v) is 31.5. The van der Waals surface area contributed by atoms with Gasteiger partial charge in [-0.25, -0.2) is 9.13 Å². The van der Waals surface area contributed by atoms with Crippen molar-refractivity contribution in [3.63, 3.8) is 0 Å². The van der Waals surface area contributed by atoms with Gasteiger partial charge in [-0.2, -0.15) is 0 Å². The van der Waals surface area contributed by atoms with Crippen LogP contribution in [0.2, 0.25) is 0 Å². The number of rotatable bonds is 74. The number of hydrogen-bond donors (Lipinski definition) is 3. The van der Waals surface area contributed by atoms with Crippen molar-refractivity contribution in [3.8, 4) is 0 Å². The maximum atomic E-state index is 13.1. The molecule has 0 aromatic heterocycles. The summed E-state index contributed by atoms with van der Waals surface area (Å²) in [6.45, 7) is 11.9. The molecule has 0 rings (SSSR count). The van der Waals surface area contributed by atoms with Crippen LogP contribution in [0.4, 0.5) is 0 Å². The number of aliphatic hydroxyl groups is 1. The Morgan fingerprint density at radius 1 is 0.305 bits per heavy atom. The van der Waals surface area contributed by atoms with Gasteiger partial charge < -0.3 is 33.8 Å². The fourth-order valence-electron chi connectivity index (χ4n) is 11.6. The highest BCUT2D eigenvalue weighted by Gasteiger charge is 2.30. The quantitative estimate of drug-likeness (QED) is 0.0222. The molecule has 0 spiro atoms. The summed E-state index contributed by atoms with van der Waals surface area (Å²) in [5, 5.41) is 10.6. The summed E-state index contributed by atoms with van der Waals surface area (Å²) in [5.74, 6) is 0.185.